The maximum atomic E-state index is 4.81. The second-order valence-corrected chi connectivity index (χ2v) is 5.72. The van der Waals surface area contributed by atoms with Gasteiger partial charge in [-0.2, -0.15) is 0 Å². The number of benzene rings is 1. The predicted molar refractivity (Wildman–Crippen MR) is 92.5 cm³/mol. The molecule has 120 valence electrons. The lowest BCUT2D eigenvalue weighted by Gasteiger charge is -2.09. The molecule has 0 saturated carbocycles. The van der Waals surface area contributed by atoms with E-state index in [1.54, 1.807) is 24.7 Å². The third-order valence-electron chi connectivity index (χ3n) is 4.09. The van der Waals surface area contributed by atoms with Crippen molar-refractivity contribution in [2.45, 2.75) is 26.9 Å². The average Bonchev–Trinajstić information content (AvgIpc) is 3.19. The zero-order chi connectivity index (χ0) is 16.5. The molecule has 0 amide bonds. The van der Waals surface area contributed by atoms with E-state index in [0.29, 0.717) is 12.4 Å². The molecule has 0 saturated heterocycles. The number of rotatable bonds is 4. The molecule has 3 aromatic heterocycles. The highest BCUT2D eigenvalue weighted by Crippen LogP contribution is 2.20. The van der Waals surface area contributed by atoms with Gasteiger partial charge >= 0.3 is 0 Å². The highest BCUT2D eigenvalue weighted by molar-refractivity contribution is 5.76. The molecular weight excluding hydrogens is 300 g/mol. The first-order valence-corrected chi connectivity index (χ1v) is 8.00. The third-order valence-corrected chi connectivity index (χ3v) is 4.09. The van der Waals surface area contributed by atoms with Crippen LogP contribution in [0.4, 0.5) is 0 Å². The van der Waals surface area contributed by atoms with Gasteiger partial charge in [0.25, 0.3) is 0 Å². The van der Waals surface area contributed by atoms with Gasteiger partial charge in [-0.25, -0.2) is 19.9 Å². The van der Waals surface area contributed by atoms with Gasteiger partial charge in [-0.3, -0.25) is 0 Å². The minimum atomic E-state index is 0.623. The minimum absolute atomic E-state index is 0.623. The van der Waals surface area contributed by atoms with Gasteiger partial charge in [-0.1, -0.05) is 6.07 Å². The Kier molecular flexibility index (Phi) is 3.57. The first kappa shape index (κ1) is 14.6. The molecule has 4 rings (SSSR count). The van der Waals surface area contributed by atoms with Crippen molar-refractivity contribution < 1.29 is 0 Å². The van der Waals surface area contributed by atoms with E-state index in [9.17, 15) is 0 Å². The summed E-state index contributed by atoms with van der Waals surface area (Å²) in [5.74, 6) is 2.38. The average molecular weight is 318 g/mol. The van der Waals surface area contributed by atoms with Crippen LogP contribution in [0.1, 0.15) is 18.3 Å². The third kappa shape index (κ3) is 2.46. The van der Waals surface area contributed by atoms with Gasteiger partial charge in [0.2, 0.25) is 0 Å². The second kappa shape index (κ2) is 5.88. The smallest absolute Gasteiger partial charge is 0.195 e. The Bertz CT molecular complexity index is 983. The summed E-state index contributed by atoms with van der Waals surface area (Å²) in [5.41, 5.74) is 3.44. The summed E-state index contributed by atoms with van der Waals surface area (Å²) in [4.78, 5) is 17.8. The van der Waals surface area contributed by atoms with Crippen molar-refractivity contribution in [2.24, 2.45) is 0 Å². The summed E-state index contributed by atoms with van der Waals surface area (Å²) in [6.07, 6.45) is 7.17. The lowest BCUT2D eigenvalue weighted by atomic mass is 10.2. The minimum Gasteiger partial charge on any atom is -0.327 e. The zero-order valence-corrected chi connectivity index (χ0v) is 13.7. The van der Waals surface area contributed by atoms with Crippen molar-refractivity contribution in [3.05, 3.63) is 60.4 Å². The van der Waals surface area contributed by atoms with Crippen LogP contribution in [0.5, 0.6) is 0 Å². The van der Waals surface area contributed by atoms with Gasteiger partial charge in [0.05, 0.1) is 17.6 Å². The van der Waals surface area contributed by atoms with Gasteiger partial charge in [0.15, 0.2) is 11.6 Å². The number of fused-ring (bicyclic) bond motifs is 1. The molecule has 0 aliphatic heterocycles. The van der Waals surface area contributed by atoms with Crippen LogP contribution in [-0.4, -0.2) is 29.1 Å². The van der Waals surface area contributed by atoms with Crippen LogP contribution in [0.3, 0.4) is 0 Å². The fraction of sp³-hybridized carbons (Fsp3) is 0.222. The summed E-state index contributed by atoms with van der Waals surface area (Å²) in [5, 5.41) is 0. The fourth-order valence-corrected chi connectivity index (χ4v) is 2.97. The van der Waals surface area contributed by atoms with E-state index in [1.807, 2.05) is 10.8 Å². The molecule has 0 atom stereocenters. The first-order chi connectivity index (χ1) is 11.8. The van der Waals surface area contributed by atoms with Gasteiger partial charge < -0.3 is 9.13 Å². The van der Waals surface area contributed by atoms with Crippen LogP contribution in [0, 0.1) is 6.92 Å². The number of hydrogen-bond donors (Lipinski definition) is 0. The van der Waals surface area contributed by atoms with Crippen LogP contribution >= 0.6 is 0 Å². The van der Waals surface area contributed by atoms with Crippen LogP contribution < -0.4 is 0 Å². The van der Waals surface area contributed by atoms with Crippen molar-refractivity contribution in [2.75, 3.05) is 0 Å². The van der Waals surface area contributed by atoms with E-state index >= 15 is 0 Å². The Morgan fingerprint density at radius 1 is 1.04 bits per heavy atom. The van der Waals surface area contributed by atoms with Crippen molar-refractivity contribution in [1.82, 2.24) is 29.1 Å². The van der Waals surface area contributed by atoms with Crippen molar-refractivity contribution in [3.63, 3.8) is 0 Å². The fourth-order valence-electron chi connectivity index (χ4n) is 2.97. The number of nitrogens with zero attached hydrogens (tertiary/aromatic N) is 6. The van der Waals surface area contributed by atoms with E-state index in [2.05, 4.69) is 51.6 Å². The quantitative estimate of drug-likeness (QED) is 0.580. The lowest BCUT2D eigenvalue weighted by molar-refractivity contribution is 0.665. The Hall–Kier alpha value is -3.02. The van der Waals surface area contributed by atoms with Crippen LogP contribution in [-0.2, 0) is 13.1 Å². The number of hydrogen-bond acceptors (Lipinski definition) is 4. The Labute approximate surface area is 139 Å². The van der Waals surface area contributed by atoms with E-state index in [0.717, 1.165) is 23.7 Å². The summed E-state index contributed by atoms with van der Waals surface area (Å²) >= 11 is 0. The molecular formula is C18H18N6. The van der Waals surface area contributed by atoms with Crippen molar-refractivity contribution in [3.8, 4) is 11.6 Å². The van der Waals surface area contributed by atoms with E-state index in [1.165, 1.54) is 11.1 Å². The summed E-state index contributed by atoms with van der Waals surface area (Å²) in [6, 6.07) is 8.16. The lowest BCUT2D eigenvalue weighted by Crippen LogP contribution is -2.09. The Morgan fingerprint density at radius 3 is 2.67 bits per heavy atom. The topological polar surface area (TPSA) is 61.4 Å². The Morgan fingerprint density at radius 2 is 1.88 bits per heavy atom. The van der Waals surface area contributed by atoms with Gasteiger partial charge in [-0.05, 0) is 37.6 Å². The Balaban J connectivity index is 1.77. The molecule has 1 aromatic carbocycles. The molecule has 0 N–H and O–H groups in total. The van der Waals surface area contributed by atoms with Crippen LogP contribution in [0.25, 0.3) is 22.7 Å². The molecule has 6 nitrogen and oxygen atoms in total. The van der Waals surface area contributed by atoms with E-state index in [4.69, 9.17) is 4.98 Å². The molecule has 24 heavy (non-hydrogen) atoms. The monoisotopic (exact) mass is 318 g/mol. The van der Waals surface area contributed by atoms with Crippen LogP contribution in [0.15, 0.2) is 49.1 Å². The van der Waals surface area contributed by atoms with E-state index in [-0.39, 0.29) is 0 Å². The molecule has 0 spiro atoms. The summed E-state index contributed by atoms with van der Waals surface area (Å²) in [7, 11) is 0. The van der Waals surface area contributed by atoms with Crippen LogP contribution in [0.2, 0.25) is 0 Å². The summed E-state index contributed by atoms with van der Waals surface area (Å²) in [6.45, 7) is 5.76. The van der Waals surface area contributed by atoms with Gasteiger partial charge in [0, 0.05) is 31.3 Å². The van der Waals surface area contributed by atoms with Gasteiger partial charge in [0.1, 0.15) is 5.82 Å². The largest absolute Gasteiger partial charge is 0.327 e. The SMILES string of the molecule is CCn1c(Cn2ccnc2-c2ncccn2)nc2ccc(C)cc21. The first-order valence-electron chi connectivity index (χ1n) is 8.00. The zero-order valence-electron chi connectivity index (χ0n) is 13.7. The number of aromatic nitrogens is 6. The maximum Gasteiger partial charge on any atom is 0.195 e. The normalized spacial score (nSPS) is 11.2. The molecule has 0 fully saturated rings. The van der Waals surface area contributed by atoms with Gasteiger partial charge in [-0.15, -0.1) is 0 Å². The highest BCUT2D eigenvalue weighted by Gasteiger charge is 2.14. The molecule has 0 aliphatic carbocycles. The molecule has 0 radical (unpaired) electrons. The van der Waals surface area contributed by atoms with E-state index < -0.39 is 0 Å². The predicted octanol–water partition coefficient (Wildman–Crippen LogP) is 3.07. The molecule has 3 heterocycles. The molecule has 0 unspecified atom stereocenters. The van der Waals surface area contributed by atoms with Crippen molar-refractivity contribution >= 4 is 11.0 Å². The maximum absolute atomic E-state index is 4.81. The number of imidazole rings is 2. The second-order valence-electron chi connectivity index (χ2n) is 5.72. The summed E-state index contributed by atoms with van der Waals surface area (Å²) < 4.78 is 4.29. The molecule has 6 heteroatoms. The standard InChI is InChI=1S/C18H18N6/c1-3-24-15-11-13(2)5-6-14(15)22-16(24)12-23-10-9-21-18(23)17-19-7-4-8-20-17/h4-11H,3,12H2,1-2H3. The molecule has 4 aromatic rings. The number of aryl methyl sites for hydroxylation is 2. The van der Waals surface area contributed by atoms with Crippen molar-refractivity contribution in [1.29, 1.82) is 0 Å². The molecule has 0 aliphatic rings. The molecule has 0 bridgehead atoms. The highest BCUT2D eigenvalue weighted by atomic mass is 15.2.